The Kier molecular flexibility index (Phi) is 2.76. The molecule has 1 aliphatic heterocycles. The Balaban J connectivity index is 2.00. The second-order valence-corrected chi connectivity index (χ2v) is 4.41. The summed E-state index contributed by atoms with van der Waals surface area (Å²) in [6.45, 7) is 0.828. The molecule has 0 aliphatic carbocycles. The number of nitrogens with one attached hydrogen (secondary N) is 1. The lowest BCUT2D eigenvalue weighted by atomic mass is 9.98. The minimum atomic E-state index is -0.318. The van der Waals surface area contributed by atoms with E-state index in [9.17, 15) is 4.39 Å². The van der Waals surface area contributed by atoms with Crippen molar-refractivity contribution < 1.29 is 9.13 Å². The van der Waals surface area contributed by atoms with Crippen LogP contribution in [0.1, 0.15) is 22.7 Å². The van der Waals surface area contributed by atoms with Gasteiger partial charge in [0.1, 0.15) is 0 Å². The van der Waals surface area contributed by atoms with E-state index in [0.29, 0.717) is 0 Å². The quantitative estimate of drug-likeness (QED) is 0.875. The fraction of sp³-hybridized carbons (Fsp3) is 0.200. The third-order valence-electron chi connectivity index (χ3n) is 3.37. The Morgan fingerprint density at radius 1 is 1.22 bits per heavy atom. The van der Waals surface area contributed by atoms with E-state index >= 15 is 0 Å². The van der Waals surface area contributed by atoms with Crippen LogP contribution in [-0.2, 0) is 6.54 Å². The lowest BCUT2D eigenvalue weighted by Crippen LogP contribution is -2.13. The largest absolute Gasteiger partial charge is 0.494 e. The zero-order valence-electron chi connectivity index (χ0n) is 10.1. The zero-order valence-corrected chi connectivity index (χ0v) is 10.1. The summed E-state index contributed by atoms with van der Waals surface area (Å²) in [5.74, 6) is -0.0359. The molecule has 3 heteroatoms. The molecule has 0 saturated carbocycles. The van der Waals surface area contributed by atoms with Gasteiger partial charge in [-0.15, -0.1) is 0 Å². The molecule has 2 aromatic carbocycles. The average Bonchev–Trinajstić information content (AvgIpc) is 2.82. The van der Waals surface area contributed by atoms with Gasteiger partial charge >= 0.3 is 0 Å². The minimum absolute atomic E-state index is 0.0709. The number of halogens is 1. The fourth-order valence-corrected chi connectivity index (χ4v) is 2.46. The molecule has 1 heterocycles. The van der Waals surface area contributed by atoms with Crippen LogP contribution in [0.3, 0.4) is 0 Å². The maximum absolute atomic E-state index is 13.7. The van der Waals surface area contributed by atoms with Gasteiger partial charge in [0, 0.05) is 6.54 Å². The molecule has 2 aromatic rings. The van der Waals surface area contributed by atoms with E-state index in [1.54, 1.807) is 12.1 Å². The highest BCUT2D eigenvalue weighted by molar-refractivity contribution is 5.42. The van der Waals surface area contributed by atoms with E-state index in [0.717, 1.165) is 12.1 Å². The van der Waals surface area contributed by atoms with E-state index in [-0.39, 0.29) is 17.6 Å². The SMILES string of the molecule is COc1ccc(C2NCc3ccccc32)cc1F. The maximum Gasteiger partial charge on any atom is 0.165 e. The zero-order chi connectivity index (χ0) is 12.5. The van der Waals surface area contributed by atoms with Gasteiger partial charge < -0.3 is 10.1 Å². The van der Waals surface area contributed by atoms with Gasteiger partial charge in [0.2, 0.25) is 0 Å². The van der Waals surface area contributed by atoms with Crippen molar-refractivity contribution in [3.63, 3.8) is 0 Å². The molecule has 0 aromatic heterocycles. The van der Waals surface area contributed by atoms with Gasteiger partial charge in [-0.05, 0) is 28.8 Å². The van der Waals surface area contributed by atoms with Gasteiger partial charge in [-0.25, -0.2) is 4.39 Å². The molecule has 0 amide bonds. The van der Waals surface area contributed by atoms with Gasteiger partial charge in [0.15, 0.2) is 11.6 Å². The van der Waals surface area contributed by atoms with Gasteiger partial charge in [-0.2, -0.15) is 0 Å². The molecule has 1 N–H and O–H groups in total. The molecule has 0 saturated heterocycles. The Bertz CT molecular complexity index is 582. The summed E-state index contributed by atoms with van der Waals surface area (Å²) in [7, 11) is 1.47. The van der Waals surface area contributed by atoms with Gasteiger partial charge in [0.05, 0.1) is 13.2 Å². The first-order valence-corrected chi connectivity index (χ1v) is 5.94. The standard InChI is InChI=1S/C15H14FNO/c1-18-14-7-6-10(8-13(14)16)15-12-5-3-2-4-11(12)9-17-15/h2-8,15,17H,9H2,1H3. The Labute approximate surface area is 105 Å². The first-order valence-electron chi connectivity index (χ1n) is 5.94. The van der Waals surface area contributed by atoms with Crippen LogP contribution >= 0.6 is 0 Å². The van der Waals surface area contributed by atoms with Crippen molar-refractivity contribution in [1.29, 1.82) is 0 Å². The molecule has 3 rings (SSSR count). The van der Waals surface area contributed by atoms with E-state index < -0.39 is 0 Å². The van der Waals surface area contributed by atoms with E-state index in [1.165, 1.54) is 18.2 Å². The molecular weight excluding hydrogens is 229 g/mol. The number of methoxy groups -OCH3 is 1. The molecule has 1 aliphatic rings. The summed E-state index contributed by atoms with van der Waals surface area (Å²) in [6, 6.07) is 13.4. The second-order valence-electron chi connectivity index (χ2n) is 4.41. The molecular formula is C15H14FNO. The third kappa shape index (κ3) is 1.77. The Morgan fingerprint density at radius 2 is 2.06 bits per heavy atom. The second kappa shape index (κ2) is 4.42. The van der Waals surface area contributed by atoms with Crippen LogP contribution in [0, 0.1) is 5.82 Å². The number of hydrogen-bond acceptors (Lipinski definition) is 2. The van der Waals surface area contributed by atoms with Crippen molar-refractivity contribution >= 4 is 0 Å². The van der Waals surface area contributed by atoms with E-state index in [4.69, 9.17) is 4.74 Å². The number of hydrogen-bond donors (Lipinski definition) is 1. The number of ether oxygens (including phenoxy) is 1. The Hall–Kier alpha value is -1.87. The molecule has 18 heavy (non-hydrogen) atoms. The first-order chi connectivity index (χ1) is 8.79. The van der Waals surface area contributed by atoms with E-state index in [2.05, 4.69) is 17.4 Å². The van der Waals surface area contributed by atoms with Crippen molar-refractivity contribution in [2.75, 3.05) is 7.11 Å². The van der Waals surface area contributed by atoms with Gasteiger partial charge in [-0.1, -0.05) is 30.3 Å². The van der Waals surface area contributed by atoms with Gasteiger partial charge in [-0.3, -0.25) is 0 Å². The van der Waals surface area contributed by atoms with Crippen LogP contribution in [0.5, 0.6) is 5.75 Å². The summed E-state index contributed by atoms with van der Waals surface area (Å²) >= 11 is 0. The molecule has 1 atom stereocenters. The van der Waals surface area contributed by atoms with Crippen LogP contribution in [0.4, 0.5) is 4.39 Å². The van der Waals surface area contributed by atoms with Gasteiger partial charge in [0.25, 0.3) is 0 Å². The van der Waals surface area contributed by atoms with Crippen LogP contribution in [0.25, 0.3) is 0 Å². The number of fused-ring (bicyclic) bond motifs is 1. The summed E-state index contributed by atoms with van der Waals surface area (Å²) < 4.78 is 18.7. The lowest BCUT2D eigenvalue weighted by Gasteiger charge is -2.13. The monoisotopic (exact) mass is 243 g/mol. The Morgan fingerprint density at radius 3 is 2.83 bits per heavy atom. The van der Waals surface area contributed by atoms with Crippen molar-refractivity contribution in [3.05, 3.63) is 65.0 Å². The predicted molar refractivity (Wildman–Crippen MR) is 68.1 cm³/mol. The maximum atomic E-state index is 13.7. The normalized spacial score (nSPS) is 17.6. The topological polar surface area (TPSA) is 21.3 Å². The predicted octanol–water partition coefficient (Wildman–Crippen LogP) is 3.03. The van der Waals surface area contributed by atoms with Crippen LogP contribution in [-0.4, -0.2) is 7.11 Å². The van der Waals surface area contributed by atoms with Crippen molar-refractivity contribution in [2.24, 2.45) is 0 Å². The van der Waals surface area contributed by atoms with Crippen molar-refractivity contribution in [2.45, 2.75) is 12.6 Å². The molecule has 0 fully saturated rings. The van der Waals surface area contributed by atoms with E-state index in [1.807, 2.05) is 18.2 Å². The average molecular weight is 243 g/mol. The lowest BCUT2D eigenvalue weighted by molar-refractivity contribution is 0.386. The number of rotatable bonds is 2. The molecule has 1 unspecified atom stereocenters. The van der Waals surface area contributed by atoms with Crippen molar-refractivity contribution in [3.8, 4) is 5.75 Å². The molecule has 92 valence electrons. The first kappa shape index (κ1) is 11.2. The summed E-state index contributed by atoms with van der Waals surface area (Å²) in [6.07, 6.45) is 0. The van der Waals surface area contributed by atoms with Crippen LogP contribution in [0.2, 0.25) is 0 Å². The van der Waals surface area contributed by atoms with Crippen molar-refractivity contribution in [1.82, 2.24) is 5.32 Å². The molecule has 0 bridgehead atoms. The highest BCUT2D eigenvalue weighted by Crippen LogP contribution is 2.32. The highest BCUT2D eigenvalue weighted by atomic mass is 19.1. The highest BCUT2D eigenvalue weighted by Gasteiger charge is 2.23. The fourth-order valence-electron chi connectivity index (χ4n) is 2.46. The van der Waals surface area contributed by atoms with Crippen LogP contribution in [0.15, 0.2) is 42.5 Å². The summed E-state index contributed by atoms with van der Waals surface area (Å²) in [4.78, 5) is 0. The summed E-state index contributed by atoms with van der Waals surface area (Å²) in [5.41, 5.74) is 3.43. The molecule has 2 nitrogen and oxygen atoms in total. The smallest absolute Gasteiger partial charge is 0.165 e. The molecule has 0 radical (unpaired) electrons. The molecule has 0 spiro atoms. The van der Waals surface area contributed by atoms with Crippen LogP contribution < -0.4 is 10.1 Å². The summed E-state index contributed by atoms with van der Waals surface area (Å²) in [5, 5.41) is 3.40. The number of benzene rings is 2. The third-order valence-corrected chi connectivity index (χ3v) is 3.37. The minimum Gasteiger partial charge on any atom is -0.494 e.